The summed E-state index contributed by atoms with van der Waals surface area (Å²) in [6.45, 7) is 4.88. The number of esters is 3. The third-order valence-electron chi connectivity index (χ3n) is 6.92. The van der Waals surface area contributed by atoms with E-state index in [9.17, 15) is 29.1 Å². The van der Waals surface area contributed by atoms with Crippen molar-refractivity contribution in [2.24, 2.45) is 5.92 Å². The molecule has 2 fully saturated rings. The van der Waals surface area contributed by atoms with E-state index in [0.29, 0.717) is 25.9 Å². The van der Waals surface area contributed by atoms with Crippen LogP contribution < -0.4 is 10.6 Å². The van der Waals surface area contributed by atoms with E-state index in [1.54, 1.807) is 7.11 Å². The summed E-state index contributed by atoms with van der Waals surface area (Å²) in [7, 11) is 3.03. The van der Waals surface area contributed by atoms with Crippen LogP contribution in [0.15, 0.2) is 0 Å². The van der Waals surface area contributed by atoms with Crippen molar-refractivity contribution in [2.45, 2.75) is 102 Å². The number of aliphatic hydroxyl groups is 1. The highest BCUT2D eigenvalue weighted by atomic mass is 16.7. The second kappa shape index (κ2) is 17.3. The van der Waals surface area contributed by atoms with Gasteiger partial charge in [0.15, 0.2) is 18.5 Å². The lowest BCUT2D eigenvalue weighted by Crippen LogP contribution is -2.66. The summed E-state index contributed by atoms with van der Waals surface area (Å²) in [4.78, 5) is 59.8. The average Bonchev–Trinajstić information content (AvgIpc) is 3.18. The summed E-state index contributed by atoms with van der Waals surface area (Å²) in [5, 5.41) is 16.0. The second-order valence-corrected chi connectivity index (χ2v) is 10.4. The number of carbonyl (C=O) groups is 5. The molecule has 0 aromatic carbocycles. The molecule has 1 saturated carbocycles. The minimum absolute atomic E-state index is 0.0953. The molecule has 2 amide bonds. The predicted molar refractivity (Wildman–Crippen MR) is 143 cm³/mol. The quantitative estimate of drug-likeness (QED) is 0.121. The highest BCUT2D eigenvalue weighted by molar-refractivity contribution is 5.76. The third-order valence-corrected chi connectivity index (χ3v) is 6.92. The molecule has 1 saturated heterocycles. The fourth-order valence-electron chi connectivity index (χ4n) is 5.23. The number of hydrogen-bond acceptors (Lipinski definition) is 13. The molecular weight excluding hydrogens is 560 g/mol. The molecule has 2 rings (SSSR count). The molecule has 15 heteroatoms. The van der Waals surface area contributed by atoms with E-state index in [4.69, 9.17) is 33.2 Å². The monoisotopic (exact) mass is 604 g/mol. The number of ether oxygens (including phenoxy) is 7. The molecule has 2 aliphatic rings. The van der Waals surface area contributed by atoms with E-state index < -0.39 is 66.7 Å². The number of amides is 2. The number of hydrogen-bond donors (Lipinski definition) is 3. The van der Waals surface area contributed by atoms with Gasteiger partial charge in [0.2, 0.25) is 11.8 Å². The van der Waals surface area contributed by atoms with Gasteiger partial charge in [0.25, 0.3) is 0 Å². The Morgan fingerprint density at radius 1 is 0.857 bits per heavy atom. The van der Waals surface area contributed by atoms with Crippen LogP contribution in [-0.2, 0) is 57.1 Å². The smallest absolute Gasteiger partial charge is 0.303 e. The van der Waals surface area contributed by atoms with Gasteiger partial charge >= 0.3 is 17.9 Å². The summed E-state index contributed by atoms with van der Waals surface area (Å²) in [6.07, 6.45) is -4.36. The Morgan fingerprint density at radius 2 is 1.52 bits per heavy atom. The Hall–Kier alpha value is -2.85. The predicted octanol–water partition coefficient (Wildman–Crippen LogP) is -0.644. The summed E-state index contributed by atoms with van der Waals surface area (Å²) >= 11 is 0. The standard InChI is InChI=1S/C27H44N2O13/c1-14(30)28-22-26(41-17(4)33)25(40-16(3)32)20(13-39-15(2)31)42-27(22)38-10-8-7-9-21(34)29-19-11-18(12-36-5)23(35)24(19)37-6/h18-20,22-27,35H,7-13H2,1-6H3,(H,28,30)(H,29,34)/t18-,19-,20-,22-,23?,24-,25+,26-,27-/m1/s1. The zero-order chi connectivity index (χ0) is 31.4. The van der Waals surface area contributed by atoms with E-state index in [0.717, 1.165) is 13.8 Å². The Labute approximate surface area is 245 Å². The molecule has 1 aliphatic carbocycles. The van der Waals surface area contributed by atoms with E-state index in [1.165, 1.54) is 21.0 Å². The first kappa shape index (κ1) is 35.3. The Bertz CT molecular complexity index is 932. The van der Waals surface area contributed by atoms with Gasteiger partial charge < -0.3 is 48.9 Å². The van der Waals surface area contributed by atoms with Gasteiger partial charge in [-0.05, 0) is 19.3 Å². The first-order valence-corrected chi connectivity index (χ1v) is 13.9. The number of rotatable bonds is 15. The molecule has 3 N–H and O–H groups in total. The molecule has 0 spiro atoms. The van der Waals surface area contributed by atoms with Crippen LogP contribution in [0, 0.1) is 5.92 Å². The van der Waals surface area contributed by atoms with Crippen LogP contribution in [-0.4, -0.2) is 118 Å². The van der Waals surface area contributed by atoms with Gasteiger partial charge in [-0.15, -0.1) is 0 Å². The van der Waals surface area contributed by atoms with Crippen molar-refractivity contribution in [3.63, 3.8) is 0 Å². The lowest BCUT2D eigenvalue weighted by atomic mass is 9.96. The maximum absolute atomic E-state index is 12.6. The number of carbonyl (C=O) groups excluding carboxylic acids is 5. The molecule has 0 aromatic rings. The van der Waals surface area contributed by atoms with Gasteiger partial charge in [-0.2, -0.15) is 0 Å². The van der Waals surface area contributed by atoms with Crippen LogP contribution in [0.5, 0.6) is 0 Å². The van der Waals surface area contributed by atoms with Crippen LogP contribution in [0.1, 0.15) is 53.4 Å². The first-order chi connectivity index (χ1) is 19.9. The molecular formula is C27H44N2O13. The van der Waals surface area contributed by atoms with Crippen LogP contribution in [0.2, 0.25) is 0 Å². The number of unbranched alkanes of at least 4 members (excludes halogenated alkanes) is 1. The number of aliphatic hydroxyl groups excluding tert-OH is 1. The third kappa shape index (κ3) is 10.8. The zero-order valence-electron chi connectivity index (χ0n) is 25.0. The van der Waals surface area contributed by atoms with E-state index in [2.05, 4.69) is 10.6 Å². The first-order valence-electron chi connectivity index (χ1n) is 13.9. The maximum atomic E-state index is 12.6. The van der Waals surface area contributed by atoms with Crippen LogP contribution in [0.25, 0.3) is 0 Å². The summed E-state index contributed by atoms with van der Waals surface area (Å²) in [5.74, 6) is -2.85. The molecule has 240 valence electrons. The fourth-order valence-corrected chi connectivity index (χ4v) is 5.23. The van der Waals surface area contributed by atoms with Gasteiger partial charge in [-0.1, -0.05) is 0 Å². The molecule has 0 bridgehead atoms. The minimum Gasteiger partial charge on any atom is -0.463 e. The Morgan fingerprint density at radius 3 is 2.10 bits per heavy atom. The van der Waals surface area contributed by atoms with Crippen LogP contribution in [0.3, 0.4) is 0 Å². The highest BCUT2D eigenvalue weighted by Gasteiger charge is 2.51. The van der Waals surface area contributed by atoms with Crippen molar-refractivity contribution in [1.29, 1.82) is 0 Å². The van der Waals surface area contributed by atoms with Gasteiger partial charge in [-0.3, -0.25) is 24.0 Å². The molecule has 15 nitrogen and oxygen atoms in total. The molecule has 9 atom stereocenters. The minimum atomic E-state index is -1.21. The van der Waals surface area contributed by atoms with Crippen LogP contribution in [0.4, 0.5) is 0 Å². The average molecular weight is 605 g/mol. The van der Waals surface area contributed by atoms with Crippen molar-refractivity contribution in [2.75, 3.05) is 34.0 Å². The molecule has 1 unspecified atom stereocenters. The van der Waals surface area contributed by atoms with E-state index in [-0.39, 0.29) is 37.5 Å². The van der Waals surface area contributed by atoms with E-state index in [1.807, 2.05) is 0 Å². The Kier molecular flexibility index (Phi) is 14.6. The van der Waals surface area contributed by atoms with Crippen LogP contribution >= 0.6 is 0 Å². The second-order valence-electron chi connectivity index (χ2n) is 10.4. The fraction of sp³-hybridized carbons (Fsp3) is 0.815. The lowest BCUT2D eigenvalue weighted by molar-refractivity contribution is -0.277. The molecule has 1 aliphatic heterocycles. The molecule has 1 heterocycles. The normalized spacial score (nSPS) is 30.7. The van der Waals surface area contributed by atoms with Crippen molar-refractivity contribution < 1.29 is 62.2 Å². The number of methoxy groups -OCH3 is 2. The van der Waals surface area contributed by atoms with Gasteiger partial charge in [-0.25, -0.2) is 0 Å². The highest BCUT2D eigenvalue weighted by Crippen LogP contribution is 2.30. The van der Waals surface area contributed by atoms with Gasteiger partial charge in [0.1, 0.15) is 24.9 Å². The largest absolute Gasteiger partial charge is 0.463 e. The topological polar surface area (TPSA) is 194 Å². The Balaban J connectivity index is 2.01. The van der Waals surface area contributed by atoms with Gasteiger partial charge in [0, 0.05) is 60.9 Å². The van der Waals surface area contributed by atoms with Crippen molar-refractivity contribution in [3.05, 3.63) is 0 Å². The lowest BCUT2D eigenvalue weighted by Gasteiger charge is -2.44. The van der Waals surface area contributed by atoms with E-state index >= 15 is 0 Å². The molecule has 0 aromatic heterocycles. The zero-order valence-corrected chi connectivity index (χ0v) is 25.0. The van der Waals surface area contributed by atoms with Gasteiger partial charge in [0.05, 0.1) is 18.8 Å². The summed E-state index contributed by atoms with van der Waals surface area (Å²) < 4.78 is 38.2. The van der Waals surface area contributed by atoms with Crippen molar-refractivity contribution in [1.82, 2.24) is 10.6 Å². The maximum Gasteiger partial charge on any atom is 0.303 e. The molecule has 0 radical (unpaired) electrons. The molecule has 42 heavy (non-hydrogen) atoms. The van der Waals surface area contributed by atoms with Crippen molar-refractivity contribution >= 4 is 29.7 Å². The summed E-state index contributed by atoms with van der Waals surface area (Å²) in [5.41, 5.74) is 0. The number of nitrogens with one attached hydrogen (secondary N) is 2. The summed E-state index contributed by atoms with van der Waals surface area (Å²) in [6, 6.07) is -1.41. The van der Waals surface area contributed by atoms with Crippen molar-refractivity contribution in [3.8, 4) is 0 Å². The SMILES string of the molecule is COC[C@H]1C[C@@H](NC(=O)CCCCO[C@@H]2O[C@H](COC(C)=O)[C@H](OC(C)=O)[C@H](OC(C)=O)[C@H]2NC(C)=O)[C@@H](OC)C1O.